The fourth-order valence-corrected chi connectivity index (χ4v) is 6.51. The minimum Gasteiger partial charge on any atom is -0.465 e. The SMILES string of the molecule is COC(=O)c1ccc(CCc2ccc(NC(=O)c3c(NC(=O)c4cccc(CCO)c4)sc4c3CCCC4)cc2)cc1. The molecular weight excluding hydrogens is 548 g/mol. The number of aryl methyl sites for hydroxylation is 3. The summed E-state index contributed by atoms with van der Waals surface area (Å²) in [5.74, 6) is -0.843. The second-order valence-corrected chi connectivity index (χ2v) is 11.5. The summed E-state index contributed by atoms with van der Waals surface area (Å²) in [6.07, 6.45) is 5.92. The molecule has 8 heteroatoms. The van der Waals surface area contributed by atoms with Crippen molar-refractivity contribution in [3.05, 3.63) is 117 Å². The molecule has 4 aromatic rings. The van der Waals surface area contributed by atoms with E-state index in [9.17, 15) is 19.5 Å². The molecular formula is C34H34N2O5S. The van der Waals surface area contributed by atoms with E-state index in [1.54, 1.807) is 30.3 Å². The number of anilines is 2. The van der Waals surface area contributed by atoms with Crippen LogP contribution in [-0.2, 0) is 36.8 Å². The molecule has 7 nitrogen and oxygen atoms in total. The first kappa shape index (κ1) is 29.2. The summed E-state index contributed by atoms with van der Waals surface area (Å²) < 4.78 is 4.75. The van der Waals surface area contributed by atoms with Gasteiger partial charge in [0.15, 0.2) is 0 Å². The van der Waals surface area contributed by atoms with Crippen LogP contribution in [0.1, 0.15) is 71.0 Å². The number of aliphatic hydroxyl groups is 1. The Morgan fingerprint density at radius 2 is 1.48 bits per heavy atom. The minimum absolute atomic E-state index is 0.0142. The maximum absolute atomic E-state index is 13.6. The molecule has 0 bridgehead atoms. The van der Waals surface area contributed by atoms with E-state index in [0.29, 0.717) is 33.8 Å². The van der Waals surface area contributed by atoms with Crippen LogP contribution in [0.25, 0.3) is 0 Å². The molecule has 0 fully saturated rings. The van der Waals surface area contributed by atoms with E-state index < -0.39 is 0 Å². The Hall–Kier alpha value is -4.27. The number of benzene rings is 3. The molecule has 0 aliphatic heterocycles. The van der Waals surface area contributed by atoms with Crippen LogP contribution in [0.4, 0.5) is 10.7 Å². The van der Waals surface area contributed by atoms with Crippen LogP contribution in [0, 0.1) is 0 Å². The van der Waals surface area contributed by atoms with Gasteiger partial charge in [-0.1, -0.05) is 36.4 Å². The van der Waals surface area contributed by atoms with Crippen LogP contribution in [0.15, 0.2) is 72.8 Å². The highest BCUT2D eigenvalue weighted by Crippen LogP contribution is 2.39. The molecule has 1 heterocycles. The summed E-state index contributed by atoms with van der Waals surface area (Å²) in [5.41, 5.74) is 6.43. The number of carbonyl (C=O) groups excluding carboxylic acids is 3. The maximum Gasteiger partial charge on any atom is 0.337 e. The Kier molecular flexibility index (Phi) is 9.46. The van der Waals surface area contributed by atoms with Crippen LogP contribution in [-0.4, -0.2) is 36.6 Å². The van der Waals surface area contributed by atoms with E-state index in [-0.39, 0.29) is 24.4 Å². The highest BCUT2D eigenvalue weighted by atomic mass is 32.1. The molecule has 0 radical (unpaired) electrons. The summed E-state index contributed by atoms with van der Waals surface area (Å²) in [6, 6.07) is 22.4. The van der Waals surface area contributed by atoms with Gasteiger partial charge < -0.3 is 20.5 Å². The summed E-state index contributed by atoms with van der Waals surface area (Å²) in [6.45, 7) is 0.0142. The largest absolute Gasteiger partial charge is 0.465 e. The third kappa shape index (κ3) is 6.95. The second-order valence-electron chi connectivity index (χ2n) is 10.4. The fraction of sp³-hybridized carbons (Fsp3) is 0.265. The Labute approximate surface area is 249 Å². The van der Waals surface area contributed by atoms with Crippen LogP contribution in [0.3, 0.4) is 0 Å². The Morgan fingerprint density at radius 3 is 2.17 bits per heavy atom. The number of methoxy groups -OCH3 is 1. The van der Waals surface area contributed by atoms with Gasteiger partial charge >= 0.3 is 5.97 Å². The van der Waals surface area contributed by atoms with Gasteiger partial charge in [-0.25, -0.2) is 4.79 Å². The number of esters is 1. The highest BCUT2D eigenvalue weighted by molar-refractivity contribution is 7.17. The smallest absolute Gasteiger partial charge is 0.337 e. The molecule has 42 heavy (non-hydrogen) atoms. The van der Waals surface area contributed by atoms with Crippen molar-refractivity contribution in [1.29, 1.82) is 0 Å². The summed E-state index contributed by atoms with van der Waals surface area (Å²) in [7, 11) is 1.37. The van der Waals surface area contributed by atoms with Gasteiger partial charge in [0.05, 0.1) is 18.2 Å². The zero-order valence-corrected chi connectivity index (χ0v) is 24.4. The number of hydrogen-bond donors (Lipinski definition) is 3. The van der Waals surface area contributed by atoms with Crippen molar-refractivity contribution in [2.75, 3.05) is 24.4 Å². The van der Waals surface area contributed by atoms with Crippen molar-refractivity contribution < 1.29 is 24.2 Å². The first-order valence-corrected chi connectivity index (χ1v) is 15.0. The van der Waals surface area contributed by atoms with Crippen LogP contribution in [0.2, 0.25) is 0 Å². The molecule has 1 aliphatic carbocycles. The average Bonchev–Trinajstić information content (AvgIpc) is 3.38. The van der Waals surface area contributed by atoms with Crippen LogP contribution in [0.5, 0.6) is 0 Å². The van der Waals surface area contributed by atoms with Gasteiger partial charge in [0.1, 0.15) is 5.00 Å². The monoisotopic (exact) mass is 582 g/mol. The Balaban J connectivity index is 1.26. The summed E-state index contributed by atoms with van der Waals surface area (Å²) in [4.78, 5) is 39.6. The predicted octanol–water partition coefficient (Wildman–Crippen LogP) is 6.24. The van der Waals surface area contributed by atoms with E-state index in [2.05, 4.69) is 10.6 Å². The highest BCUT2D eigenvalue weighted by Gasteiger charge is 2.27. The van der Waals surface area contributed by atoms with Gasteiger partial charge in [0.25, 0.3) is 11.8 Å². The number of hydrogen-bond acceptors (Lipinski definition) is 6. The summed E-state index contributed by atoms with van der Waals surface area (Å²) in [5, 5.41) is 15.9. The zero-order valence-electron chi connectivity index (χ0n) is 23.6. The lowest BCUT2D eigenvalue weighted by Crippen LogP contribution is -2.18. The first-order chi connectivity index (χ1) is 20.4. The summed E-state index contributed by atoms with van der Waals surface area (Å²) >= 11 is 1.49. The maximum atomic E-state index is 13.6. The van der Waals surface area contributed by atoms with Crippen LogP contribution >= 0.6 is 11.3 Å². The van der Waals surface area contributed by atoms with E-state index >= 15 is 0 Å². The van der Waals surface area contributed by atoms with E-state index in [4.69, 9.17) is 4.74 Å². The van der Waals surface area contributed by atoms with Crippen molar-refractivity contribution in [2.24, 2.45) is 0 Å². The minimum atomic E-state index is -0.347. The fourth-order valence-electron chi connectivity index (χ4n) is 5.23. The van der Waals surface area contributed by atoms with Crippen molar-refractivity contribution >= 4 is 39.8 Å². The Bertz CT molecular complexity index is 1570. The number of fused-ring (bicyclic) bond motifs is 1. The number of thiophene rings is 1. The molecule has 5 rings (SSSR count). The van der Waals surface area contributed by atoms with Gasteiger partial charge in [-0.05, 0) is 104 Å². The number of nitrogens with one attached hydrogen (secondary N) is 2. The molecule has 0 spiro atoms. The third-order valence-electron chi connectivity index (χ3n) is 7.50. The van der Waals surface area contributed by atoms with E-state index in [0.717, 1.165) is 65.7 Å². The molecule has 216 valence electrons. The molecule has 3 N–H and O–H groups in total. The Morgan fingerprint density at radius 1 is 0.786 bits per heavy atom. The average molecular weight is 583 g/mol. The molecule has 3 aromatic carbocycles. The molecule has 0 unspecified atom stereocenters. The van der Waals surface area contributed by atoms with E-state index in [1.807, 2.05) is 42.5 Å². The third-order valence-corrected chi connectivity index (χ3v) is 8.71. The lowest BCUT2D eigenvalue weighted by molar-refractivity contribution is 0.0600. The van der Waals surface area contributed by atoms with Gasteiger partial charge in [0.2, 0.25) is 0 Å². The van der Waals surface area contributed by atoms with Crippen molar-refractivity contribution in [1.82, 2.24) is 0 Å². The first-order valence-electron chi connectivity index (χ1n) is 14.2. The molecule has 0 saturated carbocycles. The van der Waals surface area contributed by atoms with Gasteiger partial charge in [-0.2, -0.15) is 0 Å². The lowest BCUT2D eigenvalue weighted by atomic mass is 9.95. The second kappa shape index (κ2) is 13.6. The topological polar surface area (TPSA) is 105 Å². The lowest BCUT2D eigenvalue weighted by Gasteiger charge is -2.14. The van der Waals surface area contributed by atoms with Crippen molar-refractivity contribution in [3.8, 4) is 0 Å². The van der Waals surface area contributed by atoms with Gasteiger partial charge in [-0.3, -0.25) is 9.59 Å². The van der Waals surface area contributed by atoms with Crippen LogP contribution < -0.4 is 10.6 Å². The van der Waals surface area contributed by atoms with Crippen molar-refractivity contribution in [2.45, 2.75) is 44.9 Å². The number of amides is 2. The van der Waals surface area contributed by atoms with E-state index in [1.165, 1.54) is 18.4 Å². The number of aliphatic hydroxyl groups excluding tert-OH is 1. The van der Waals surface area contributed by atoms with Gasteiger partial charge in [0, 0.05) is 22.7 Å². The molecule has 1 aromatic heterocycles. The molecule has 2 amide bonds. The predicted molar refractivity (Wildman–Crippen MR) is 166 cm³/mol. The van der Waals surface area contributed by atoms with Crippen molar-refractivity contribution in [3.63, 3.8) is 0 Å². The zero-order chi connectivity index (χ0) is 29.5. The quantitative estimate of drug-likeness (QED) is 0.192. The standard InChI is InChI=1S/C34H34N2O5S/c1-41-34(40)25-15-11-22(12-16-25)9-10-23-13-17-27(18-14-23)35-32(39)30-28-7-2-3-8-29(28)42-33(30)36-31(38)26-6-4-5-24(21-26)19-20-37/h4-6,11-18,21,37H,2-3,7-10,19-20H2,1H3,(H,35,39)(H,36,38). The molecule has 0 saturated heterocycles. The molecule has 0 atom stereocenters. The number of carbonyl (C=O) groups is 3. The van der Waals surface area contributed by atoms with Gasteiger partial charge in [-0.15, -0.1) is 11.3 Å². The normalized spacial score (nSPS) is 12.3. The number of rotatable bonds is 10. The number of ether oxygens (including phenoxy) is 1. The molecule has 1 aliphatic rings.